The van der Waals surface area contributed by atoms with Crippen molar-refractivity contribution in [1.29, 1.82) is 0 Å². The van der Waals surface area contributed by atoms with E-state index in [1.165, 1.54) is 0 Å². The SMILES string of the molecule is CC(C)n1ccnc(N2CCNCC2(C)C)c1=O. The molecule has 0 saturated carbocycles. The zero-order chi connectivity index (χ0) is 13.3. The topological polar surface area (TPSA) is 50.2 Å². The van der Waals surface area contributed by atoms with Crippen molar-refractivity contribution >= 4 is 5.82 Å². The van der Waals surface area contributed by atoms with Gasteiger partial charge in [-0.25, -0.2) is 4.98 Å². The molecule has 0 aromatic carbocycles. The molecule has 0 atom stereocenters. The van der Waals surface area contributed by atoms with Gasteiger partial charge in [-0.1, -0.05) is 0 Å². The van der Waals surface area contributed by atoms with E-state index in [0.717, 1.165) is 19.6 Å². The lowest BCUT2D eigenvalue weighted by molar-refractivity contribution is 0.375. The Morgan fingerprint density at radius 2 is 2.17 bits per heavy atom. The Morgan fingerprint density at radius 3 is 2.78 bits per heavy atom. The summed E-state index contributed by atoms with van der Waals surface area (Å²) in [6.45, 7) is 10.9. The third kappa shape index (κ3) is 2.27. The van der Waals surface area contributed by atoms with E-state index in [0.29, 0.717) is 5.82 Å². The summed E-state index contributed by atoms with van der Waals surface area (Å²) in [6.07, 6.45) is 3.47. The van der Waals surface area contributed by atoms with Gasteiger partial charge in [-0.05, 0) is 27.7 Å². The largest absolute Gasteiger partial charge is 0.344 e. The number of hydrogen-bond donors (Lipinski definition) is 1. The normalized spacial score (nSPS) is 19.3. The molecule has 1 fully saturated rings. The molecule has 1 N–H and O–H groups in total. The third-order valence-corrected chi connectivity index (χ3v) is 3.46. The first kappa shape index (κ1) is 13.1. The second kappa shape index (κ2) is 4.72. The molecule has 0 spiro atoms. The molecule has 1 aliphatic rings. The van der Waals surface area contributed by atoms with Crippen LogP contribution in [0.4, 0.5) is 5.82 Å². The molecular formula is C13H22N4O. The van der Waals surface area contributed by atoms with Crippen molar-refractivity contribution in [2.24, 2.45) is 0 Å². The standard InChI is InChI=1S/C13H22N4O/c1-10(2)16-7-6-15-11(12(16)18)17-8-5-14-9-13(17,3)4/h6-7,10,14H,5,8-9H2,1-4H3. The van der Waals surface area contributed by atoms with Gasteiger partial charge in [-0.15, -0.1) is 0 Å². The monoisotopic (exact) mass is 250 g/mol. The summed E-state index contributed by atoms with van der Waals surface area (Å²) in [6, 6.07) is 0.158. The Hall–Kier alpha value is -1.36. The average molecular weight is 250 g/mol. The number of piperazine rings is 1. The molecule has 5 nitrogen and oxygen atoms in total. The van der Waals surface area contributed by atoms with Crippen LogP contribution in [0.1, 0.15) is 33.7 Å². The molecule has 18 heavy (non-hydrogen) atoms. The fourth-order valence-corrected chi connectivity index (χ4v) is 2.38. The minimum atomic E-state index is -0.0828. The second-order valence-electron chi connectivity index (χ2n) is 5.70. The fraction of sp³-hybridized carbons (Fsp3) is 0.692. The molecule has 1 saturated heterocycles. The molecule has 2 rings (SSSR count). The quantitative estimate of drug-likeness (QED) is 0.851. The molecule has 0 bridgehead atoms. The van der Waals surface area contributed by atoms with Gasteiger partial charge in [0.15, 0.2) is 5.82 Å². The van der Waals surface area contributed by atoms with E-state index in [1.807, 2.05) is 13.8 Å². The third-order valence-electron chi connectivity index (χ3n) is 3.46. The van der Waals surface area contributed by atoms with Crippen molar-refractivity contribution in [2.75, 3.05) is 24.5 Å². The summed E-state index contributed by atoms with van der Waals surface area (Å²) >= 11 is 0. The highest BCUT2D eigenvalue weighted by molar-refractivity contribution is 5.40. The molecule has 5 heteroatoms. The van der Waals surface area contributed by atoms with Crippen molar-refractivity contribution in [3.05, 3.63) is 22.7 Å². The zero-order valence-electron chi connectivity index (χ0n) is 11.6. The Labute approximate surface area is 108 Å². The predicted molar refractivity (Wildman–Crippen MR) is 73.2 cm³/mol. The molecule has 0 unspecified atom stereocenters. The highest BCUT2D eigenvalue weighted by atomic mass is 16.1. The van der Waals surface area contributed by atoms with Crippen LogP contribution in [0, 0.1) is 0 Å². The number of nitrogens with zero attached hydrogens (tertiary/aromatic N) is 3. The molecule has 100 valence electrons. The van der Waals surface area contributed by atoms with Crippen LogP contribution in [0.25, 0.3) is 0 Å². The Morgan fingerprint density at radius 1 is 1.44 bits per heavy atom. The van der Waals surface area contributed by atoms with Gasteiger partial charge < -0.3 is 14.8 Å². The van der Waals surface area contributed by atoms with Gasteiger partial charge in [0.25, 0.3) is 5.56 Å². The van der Waals surface area contributed by atoms with Crippen molar-refractivity contribution < 1.29 is 0 Å². The minimum Gasteiger partial charge on any atom is -0.344 e. The summed E-state index contributed by atoms with van der Waals surface area (Å²) in [5.41, 5.74) is -0.0805. The van der Waals surface area contributed by atoms with E-state index in [9.17, 15) is 4.79 Å². The molecule has 0 aliphatic carbocycles. The zero-order valence-corrected chi connectivity index (χ0v) is 11.6. The summed E-state index contributed by atoms with van der Waals surface area (Å²) in [4.78, 5) is 18.9. The first-order valence-electron chi connectivity index (χ1n) is 6.49. The van der Waals surface area contributed by atoms with E-state index >= 15 is 0 Å². The van der Waals surface area contributed by atoms with E-state index in [4.69, 9.17) is 0 Å². The number of anilines is 1. The van der Waals surface area contributed by atoms with Gasteiger partial charge >= 0.3 is 0 Å². The van der Waals surface area contributed by atoms with Crippen molar-refractivity contribution in [3.63, 3.8) is 0 Å². The van der Waals surface area contributed by atoms with Gasteiger partial charge in [0, 0.05) is 43.6 Å². The van der Waals surface area contributed by atoms with Crippen LogP contribution in [-0.2, 0) is 0 Å². The lowest BCUT2D eigenvalue weighted by Gasteiger charge is -2.43. The minimum absolute atomic E-state index is 0.00229. The van der Waals surface area contributed by atoms with Crippen LogP contribution in [0.2, 0.25) is 0 Å². The summed E-state index contributed by atoms with van der Waals surface area (Å²) in [5.74, 6) is 0.567. The number of hydrogen-bond acceptors (Lipinski definition) is 4. The average Bonchev–Trinajstić information content (AvgIpc) is 2.29. The molecule has 2 heterocycles. The van der Waals surface area contributed by atoms with Gasteiger partial charge in [0.1, 0.15) is 0 Å². The van der Waals surface area contributed by atoms with Crippen molar-refractivity contribution in [3.8, 4) is 0 Å². The maximum atomic E-state index is 12.4. The fourth-order valence-electron chi connectivity index (χ4n) is 2.38. The maximum Gasteiger partial charge on any atom is 0.293 e. The number of nitrogens with one attached hydrogen (secondary N) is 1. The highest BCUT2D eigenvalue weighted by Crippen LogP contribution is 2.20. The Balaban J connectivity index is 2.45. The lowest BCUT2D eigenvalue weighted by Crippen LogP contribution is -2.59. The summed E-state index contributed by atoms with van der Waals surface area (Å²) in [5, 5.41) is 3.35. The van der Waals surface area contributed by atoms with Crippen molar-refractivity contribution in [1.82, 2.24) is 14.9 Å². The van der Waals surface area contributed by atoms with Gasteiger partial charge in [-0.3, -0.25) is 4.79 Å². The van der Waals surface area contributed by atoms with Crippen LogP contribution in [-0.4, -0.2) is 34.7 Å². The van der Waals surface area contributed by atoms with Gasteiger partial charge in [0.2, 0.25) is 0 Å². The molecular weight excluding hydrogens is 228 g/mol. The maximum absolute atomic E-state index is 12.4. The molecule has 1 aliphatic heterocycles. The van der Waals surface area contributed by atoms with Gasteiger partial charge in [0.05, 0.1) is 0 Å². The first-order chi connectivity index (χ1) is 8.43. The Bertz CT molecular complexity index is 478. The van der Waals surface area contributed by atoms with Crippen LogP contribution < -0.4 is 15.8 Å². The summed E-state index contributed by atoms with van der Waals surface area (Å²) in [7, 11) is 0. The van der Waals surface area contributed by atoms with E-state index < -0.39 is 0 Å². The van der Waals surface area contributed by atoms with Crippen LogP contribution in [0.3, 0.4) is 0 Å². The summed E-state index contributed by atoms with van der Waals surface area (Å²) < 4.78 is 1.74. The molecule has 0 radical (unpaired) electrons. The molecule has 0 amide bonds. The molecule has 1 aromatic heterocycles. The van der Waals surface area contributed by atoms with Crippen LogP contribution in [0.15, 0.2) is 17.2 Å². The smallest absolute Gasteiger partial charge is 0.293 e. The van der Waals surface area contributed by atoms with E-state index in [2.05, 4.69) is 29.0 Å². The van der Waals surface area contributed by atoms with E-state index in [1.54, 1.807) is 17.0 Å². The first-order valence-corrected chi connectivity index (χ1v) is 6.49. The lowest BCUT2D eigenvalue weighted by atomic mass is 10.0. The second-order valence-corrected chi connectivity index (χ2v) is 5.70. The molecule has 1 aromatic rings. The Kier molecular flexibility index (Phi) is 3.43. The van der Waals surface area contributed by atoms with E-state index in [-0.39, 0.29) is 17.1 Å². The number of aromatic nitrogens is 2. The van der Waals surface area contributed by atoms with Crippen molar-refractivity contribution in [2.45, 2.75) is 39.3 Å². The predicted octanol–water partition coefficient (Wildman–Crippen LogP) is 1.01. The highest BCUT2D eigenvalue weighted by Gasteiger charge is 2.32. The number of rotatable bonds is 2. The van der Waals surface area contributed by atoms with Crippen LogP contribution in [0.5, 0.6) is 0 Å². The van der Waals surface area contributed by atoms with Crippen LogP contribution >= 0.6 is 0 Å². The van der Waals surface area contributed by atoms with Gasteiger partial charge in [-0.2, -0.15) is 0 Å².